The van der Waals surface area contributed by atoms with E-state index in [1.165, 1.54) is 0 Å². The maximum Gasteiger partial charge on any atom is 0.306 e. The van der Waals surface area contributed by atoms with E-state index in [0.29, 0.717) is 30.3 Å². The highest BCUT2D eigenvalue weighted by atomic mass is 32.2. The van der Waals surface area contributed by atoms with Crippen LogP contribution in [0.3, 0.4) is 0 Å². The van der Waals surface area contributed by atoms with E-state index in [-0.39, 0.29) is 18.3 Å². The molecule has 152 valence electrons. The number of esters is 1. The van der Waals surface area contributed by atoms with Crippen LogP contribution in [-0.4, -0.2) is 42.0 Å². The molecule has 1 unspecified atom stereocenters. The summed E-state index contributed by atoms with van der Waals surface area (Å²) in [6.07, 6.45) is 2.91. The van der Waals surface area contributed by atoms with E-state index in [4.69, 9.17) is 9.15 Å². The molecule has 9 heteroatoms. The minimum Gasteiger partial charge on any atom is -0.453 e. The highest BCUT2D eigenvalue weighted by Gasteiger charge is 2.25. The lowest BCUT2D eigenvalue weighted by molar-refractivity contribution is -0.149. The number of carbonyl (C=O) groups excluding carboxylic acids is 1. The molecule has 3 rings (SSSR count). The van der Waals surface area contributed by atoms with Crippen LogP contribution in [0.2, 0.25) is 0 Å². The lowest BCUT2D eigenvalue weighted by Crippen LogP contribution is -2.35. The maximum atomic E-state index is 12.7. The second kappa shape index (κ2) is 8.83. The molecule has 0 spiro atoms. The van der Waals surface area contributed by atoms with Crippen LogP contribution in [0.5, 0.6) is 0 Å². The second-order valence-electron chi connectivity index (χ2n) is 6.90. The molecule has 0 N–H and O–H groups in total. The quantitative estimate of drug-likeness (QED) is 0.650. The van der Waals surface area contributed by atoms with Crippen molar-refractivity contribution in [3.05, 3.63) is 41.6 Å². The first-order valence-electron chi connectivity index (χ1n) is 9.45. The van der Waals surface area contributed by atoms with Crippen molar-refractivity contribution in [3.8, 4) is 0 Å². The van der Waals surface area contributed by atoms with E-state index in [9.17, 15) is 13.2 Å². The number of hydrogen-bond acceptors (Lipinski definition) is 7. The van der Waals surface area contributed by atoms with Crippen LogP contribution in [0.4, 0.5) is 0 Å². The van der Waals surface area contributed by atoms with Crippen LogP contribution in [0.25, 0.3) is 0 Å². The number of nitrogens with zero attached hydrogens (tertiary/aromatic N) is 3. The minimum absolute atomic E-state index is 0.176. The van der Waals surface area contributed by atoms with Gasteiger partial charge in [-0.3, -0.25) is 4.79 Å². The van der Waals surface area contributed by atoms with Gasteiger partial charge >= 0.3 is 5.97 Å². The largest absolute Gasteiger partial charge is 0.453 e. The normalized spacial score (nSPS) is 16.6. The number of piperidine rings is 1. The van der Waals surface area contributed by atoms with Gasteiger partial charge in [-0.2, -0.15) is 4.31 Å². The van der Waals surface area contributed by atoms with Crippen LogP contribution in [-0.2, 0) is 26.0 Å². The molecule has 1 aliphatic heterocycles. The van der Waals surface area contributed by atoms with Crippen LogP contribution in [0.1, 0.15) is 56.1 Å². The zero-order valence-electron chi connectivity index (χ0n) is 16.1. The van der Waals surface area contributed by atoms with E-state index in [2.05, 4.69) is 10.2 Å². The summed E-state index contributed by atoms with van der Waals surface area (Å²) in [6.45, 7) is 4.49. The SMILES string of the molecule is Cc1nnc(C(C)OC(=O)CCc2ccc(S(=O)(=O)N3CCCCC3)cc2)o1. The van der Waals surface area contributed by atoms with E-state index in [0.717, 1.165) is 24.8 Å². The number of sulfonamides is 1. The summed E-state index contributed by atoms with van der Waals surface area (Å²) in [4.78, 5) is 12.3. The lowest BCUT2D eigenvalue weighted by atomic mass is 10.1. The first-order chi connectivity index (χ1) is 13.4. The Morgan fingerprint density at radius 3 is 2.46 bits per heavy atom. The van der Waals surface area contributed by atoms with Crippen molar-refractivity contribution in [3.63, 3.8) is 0 Å². The van der Waals surface area contributed by atoms with Gasteiger partial charge in [0.1, 0.15) is 0 Å². The Balaban J connectivity index is 1.53. The van der Waals surface area contributed by atoms with Gasteiger partial charge in [-0.25, -0.2) is 8.42 Å². The smallest absolute Gasteiger partial charge is 0.306 e. The number of ether oxygens (including phenoxy) is 1. The summed E-state index contributed by atoms with van der Waals surface area (Å²) < 4.78 is 37.4. The molecule has 2 heterocycles. The molecule has 1 fully saturated rings. The zero-order chi connectivity index (χ0) is 20.1. The molecule has 0 amide bonds. The second-order valence-corrected chi connectivity index (χ2v) is 8.84. The monoisotopic (exact) mass is 407 g/mol. The number of benzene rings is 1. The standard InChI is InChI=1S/C19H25N3O5S/c1-14(19-21-20-15(2)27-19)26-18(23)11-8-16-6-9-17(10-7-16)28(24,25)22-12-4-3-5-13-22/h6-7,9-10,14H,3-5,8,11-13H2,1-2H3. The van der Waals surface area contributed by atoms with Gasteiger partial charge in [0, 0.05) is 26.4 Å². The Labute approximate surface area is 164 Å². The molecule has 0 radical (unpaired) electrons. The summed E-state index contributed by atoms with van der Waals surface area (Å²) in [5, 5.41) is 7.54. The molecule has 1 atom stereocenters. The van der Waals surface area contributed by atoms with Gasteiger partial charge in [-0.15, -0.1) is 10.2 Å². The lowest BCUT2D eigenvalue weighted by Gasteiger charge is -2.25. The van der Waals surface area contributed by atoms with E-state index in [1.807, 2.05) is 0 Å². The summed E-state index contributed by atoms with van der Waals surface area (Å²) in [7, 11) is -3.44. The number of aromatic nitrogens is 2. The highest BCUT2D eigenvalue weighted by Crippen LogP contribution is 2.21. The average molecular weight is 407 g/mol. The number of carbonyl (C=O) groups is 1. The molecule has 8 nitrogen and oxygen atoms in total. The molecule has 0 saturated carbocycles. The fraction of sp³-hybridized carbons (Fsp3) is 0.526. The molecule has 1 aromatic carbocycles. The van der Waals surface area contributed by atoms with Gasteiger partial charge < -0.3 is 9.15 Å². The molecule has 0 bridgehead atoms. The third kappa shape index (κ3) is 4.96. The van der Waals surface area contributed by atoms with Crippen molar-refractivity contribution < 1.29 is 22.4 Å². The van der Waals surface area contributed by atoms with Crippen LogP contribution in [0, 0.1) is 6.92 Å². The van der Waals surface area contributed by atoms with Crippen LogP contribution >= 0.6 is 0 Å². The Bertz CT molecular complexity index is 902. The van der Waals surface area contributed by atoms with Crippen LogP contribution in [0.15, 0.2) is 33.6 Å². The topological polar surface area (TPSA) is 103 Å². The first kappa shape index (κ1) is 20.5. The summed E-state index contributed by atoms with van der Waals surface area (Å²) >= 11 is 0. The molecule has 1 aromatic heterocycles. The third-order valence-corrected chi connectivity index (χ3v) is 6.60. The molecule has 1 aliphatic rings. The van der Waals surface area contributed by atoms with Crippen molar-refractivity contribution >= 4 is 16.0 Å². The molecule has 1 saturated heterocycles. The molecular weight excluding hydrogens is 382 g/mol. The van der Waals surface area contributed by atoms with E-state index < -0.39 is 16.1 Å². The van der Waals surface area contributed by atoms with Gasteiger partial charge in [-0.05, 0) is 43.9 Å². The Morgan fingerprint density at radius 2 is 1.86 bits per heavy atom. The van der Waals surface area contributed by atoms with Gasteiger partial charge in [0.05, 0.1) is 4.90 Å². The number of aryl methyl sites for hydroxylation is 2. The molecule has 2 aromatic rings. The van der Waals surface area contributed by atoms with Crippen molar-refractivity contribution in [1.82, 2.24) is 14.5 Å². The summed E-state index contributed by atoms with van der Waals surface area (Å²) in [6, 6.07) is 6.70. The highest BCUT2D eigenvalue weighted by molar-refractivity contribution is 7.89. The third-order valence-electron chi connectivity index (χ3n) is 4.69. The van der Waals surface area contributed by atoms with E-state index in [1.54, 1.807) is 42.4 Å². The van der Waals surface area contributed by atoms with Crippen molar-refractivity contribution in [2.45, 2.75) is 57.0 Å². The fourth-order valence-electron chi connectivity index (χ4n) is 3.11. The Kier molecular flexibility index (Phi) is 6.46. The Morgan fingerprint density at radius 1 is 1.18 bits per heavy atom. The predicted octanol–water partition coefficient (Wildman–Crippen LogP) is 2.79. The number of rotatable bonds is 7. The Hall–Kier alpha value is -2.26. The van der Waals surface area contributed by atoms with Gasteiger partial charge in [0.25, 0.3) is 5.89 Å². The first-order valence-corrected chi connectivity index (χ1v) is 10.9. The minimum atomic E-state index is -3.44. The molecular formula is C19H25N3O5S. The van der Waals surface area contributed by atoms with Crippen molar-refractivity contribution in [1.29, 1.82) is 0 Å². The fourth-order valence-corrected chi connectivity index (χ4v) is 4.63. The van der Waals surface area contributed by atoms with Crippen molar-refractivity contribution in [2.24, 2.45) is 0 Å². The summed E-state index contributed by atoms with van der Waals surface area (Å²) in [5.74, 6) is 0.295. The zero-order valence-corrected chi connectivity index (χ0v) is 16.9. The summed E-state index contributed by atoms with van der Waals surface area (Å²) in [5.41, 5.74) is 0.871. The maximum absolute atomic E-state index is 12.7. The van der Waals surface area contributed by atoms with Gasteiger partial charge in [-0.1, -0.05) is 18.6 Å². The predicted molar refractivity (Wildman–Crippen MR) is 101 cm³/mol. The molecule has 28 heavy (non-hydrogen) atoms. The van der Waals surface area contributed by atoms with Crippen LogP contribution < -0.4 is 0 Å². The molecule has 0 aliphatic carbocycles. The van der Waals surface area contributed by atoms with Crippen molar-refractivity contribution in [2.75, 3.05) is 13.1 Å². The van der Waals surface area contributed by atoms with E-state index >= 15 is 0 Å². The number of hydrogen-bond donors (Lipinski definition) is 0. The average Bonchev–Trinajstić information content (AvgIpc) is 3.14. The van der Waals surface area contributed by atoms with Gasteiger partial charge in [0.15, 0.2) is 6.10 Å². The van der Waals surface area contributed by atoms with Gasteiger partial charge in [0.2, 0.25) is 15.9 Å².